The number of ether oxygens (including phenoxy) is 2. The fraction of sp³-hybridized carbons (Fsp3) is 0.400. The minimum Gasteiger partial charge on any atom is -0.493 e. The van der Waals surface area contributed by atoms with Gasteiger partial charge in [-0.3, -0.25) is 4.98 Å². The van der Waals surface area contributed by atoms with E-state index in [1.807, 2.05) is 30.5 Å². The molecule has 2 aromatic heterocycles. The van der Waals surface area contributed by atoms with E-state index in [1.54, 1.807) is 18.9 Å². The number of pyridine rings is 1. The normalized spacial score (nSPS) is 16.6. The first kappa shape index (κ1) is 17.4. The summed E-state index contributed by atoms with van der Waals surface area (Å²) in [6.07, 6.45) is 6.03. The smallest absolute Gasteiger partial charge is 0.167 e. The Morgan fingerprint density at radius 3 is 3.04 bits per heavy atom. The highest BCUT2D eigenvalue weighted by Gasteiger charge is 2.26. The van der Waals surface area contributed by atoms with Crippen LogP contribution in [0, 0.1) is 0 Å². The van der Waals surface area contributed by atoms with Crippen LogP contribution in [0.15, 0.2) is 41.7 Å². The molecule has 1 unspecified atom stereocenters. The molecule has 0 spiro atoms. The maximum atomic E-state index is 6.00. The van der Waals surface area contributed by atoms with Gasteiger partial charge in [0.1, 0.15) is 5.75 Å². The van der Waals surface area contributed by atoms with Crippen LogP contribution in [0.25, 0.3) is 11.0 Å². The number of fused-ring (bicyclic) bond motifs is 2. The van der Waals surface area contributed by atoms with E-state index < -0.39 is 0 Å². The summed E-state index contributed by atoms with van der Waals surface area (Å²) in [4.78, 5) is 12.8. The van der Waals surface area contributed by atoms with Crippen molar-refractivity contribution in [3.05, 3.63) is 47.8 Å². The molecule has 0 fully saturated rings. The highest BCUT2D eigenvalue weighted by Crippen LogP contribution is 2.44. The van der Waals surface area contributed by atoms with Crippen LogP contribution in [0.4, 0.5) is 0 Å². The molecule has 1 aliphatic carbocycles. The molecule has 0 radical (unpaired) electrons. The number of rotatable bonds is 7. The van der Waals surface area contributed by atoms with Crippen molar-refractivity contribution < 1.29 is 9.47 Å². The Morgan fingerprint density at radius 2 is 2.15 bits per heavy atom. The highest BCUT2D eigenvalue weighted by atomic mass is 32.2. The first-order valence-electron chi connectivity index (χ1n) is 9.06. The van der Waals surface area contributed by atoms with Crippen molar-refractivity contribution in [3.63, 3.8) is 0 Å². The Morgan fingerprint density at radius 1 is 1.23 bits per heavy atom. The summed E-state index contributed by atoms with van der Waals surface area (Å²) < 4.78 is 11.1. The second-order valence-corrected chi connectivity index (χ2v) is 7.62. The maximum Gasteiger partial charge on any atom is 0.167 e. The Labute approximate surface area is 157 Å². The largest absolute Gasteiger partial charge is 0.493 e. The van der Waals surface area contributed by atoms with E-state index in [1.165, 1.54) is 5.56 Å². The third-order valence-electron chi connectivity index (χ3n) is 4.62. The van der Waals surface area contributed by atoms with E-state index >= 15 is 0 Å². The molecule has 0 saturated carbocycles. The summed E-state index contributed by atoms with van der Waals surface area (Å²) in [5.41, 5.74) is 4.49. The van der Waals surface area contributed by atoms with Gasteiger partial charge in [0.15, 0.2) is 5.16 Å². The summed E-state index contributed by atoms with van der Waals surface area (Å²) in [6, 6.07) is 10.1. The molecule has 1 aliphatic rings. The van der Waals surface area contributed by atoms with Gasteiger partial charge in [0, 0.05) is 31.9 Å². The molecule has 1 aromatic carbocycles. The predicted octanol–water partition coefficient (Wildman–Crippen LogP) is 4.54. The highest BCUT2D eigenvalue weighted by molar-refractivity contribution is 7.99. The van der Waals surface area contributed by atoms with E-state index in [2.05, 4.69) is 16.0 Å². The number of para-hydroxylation sites is 2. The number of benzene rings is 1. The van der Waals surface area contributed by atoms with Gasteiger partial charge in [-0.05, 0) is 37.5 Å². The number of aromatic nitrogens is 3. The van der Waals surface area contributed by atoms with Gasteiger partial charge < -0.3 is 14.5 Å². The average Bonchev–Trinajstić information content (AvgIpc) is 3.08. The predicted molar refractivity (Wildman–Crippen MR) is 104 cm³/mol. The molecule has 5 nitrogen and oxygen atoms in total. The van der Waals surface area contributed by atoms with Gasteiger partial charge in [-0.25, -0.2) is 4.98 Å². The van der Waals surface area contributed by atoms with E-state index in [9.17, 15) is 0 Å². The van der Waals surface area contributed by atoms with Crippen molar-refractivity contribution in [2.45, 2.75) is 36.1 Å². The van der Waals surface area contributed by atoms with Crippen molar-refractivity contribution >= 4 is 22.8 Å². The van der Waals surface area contributed by atoms with E-state index in [0.717, 1.165) is 59.9 Å². The van der Waals surface area contributed by atoms with Crippen LogP contribution in [-0.2, 0) is 11.2 Å². The zero-order valence-corrected chi connectivity index (χ0v) is 15.7. The van der Waals surface area contributed by atoms with E-state index in [-0.39, 0.29) is 0 Å². The molecule has 0 bridgehead atoms. The van der Waals surface area contributed by atoms with Gasteiger partial charge in [-0.15, -0.1) is 0 Å². The fourth-order valence-electron chi connectivity index (χ4n) is 3.38. The zero-order chi connectivity index (χ0) is 17.8. The van der Waals surface area contributed by atoms with Crippen LogP contribution >= 0.6 is 11.8 Å². The van der Waals surface area contributed by atoms with Crippen molar-refractivity contribution in [3.8, 4) is 5.75 Å². The van der Waals surface area contributed by atoms with Gasteiger partial charge in [-0.2, -0.15) is 0 Å². The fourth-order valence-corrected chi connectivity index (χ4v) is 4.56. The topological polar surface area (TPSA) is 60.0 Å². The Bertz CT molecular complexity index is 847. The average molecular weight is 369 g/mol. The molecular formula is C20H23N3O2S. The van der Waals surface area contributed by atoms with Crippen LogP contribution in [0.2, 0.25) is 0 Å². The molecule has 4 rings (SSSR count). The molecule has 136 valence electrons. The Hall–Kier alpha value is -2.05. The number of hydrogen-bond donors (Lipinski definition) is 1. The van der Waals surface area contributed by atoms with Crippen molar-refractivity contribution in [1.29, 1.82) is 0 Å². The summed E-state index contributed by atoms with van der Waals surface area (Å²) in [5, 5.41) is 1.26. The number of imidazole rings is 1. The molecule has 2 heterocycles. The quantitative estimate of drug-likeness (QED) is 0.620. The minimum absolute atomic E-state index is 0.307. The number of methoxy groups -OCH3 is 1. The maximum absolute atomic E-state index is 6.00. The lowest BCUT2D eigenvalue weighted by Crippen LogP contribution is -2.12. The number of thioether (sulfide) groups is 1. The number of hydrogen-bond acceptors (Lipinski definition) is 5. The van der Waals surface area contributed by atoms with Gasteiger partial charge in [0.05, 0.1) is 28.6 Å². The van der Waals surface area contributed by atoms with Crippen molar-refractivity contribution in [1.82, 2.24) is 15.0 Å². The summed E-state index contributed by atoms with van der Waals surface area (Å²) in [6.45, 7) is 1.39. The van der Waals surface area contributed by atoms with Gasteiger partial charge in [0.2, 0.25) is 0 Å². The second kappa shape index (κ2) is 8.10. The molecule has 0 amide bonds. The lowest BCUT2D eigenvalue weighted by atomic mass is 9.95. The van der Waals surface area contributed by atoms with Crippen LogP contribution in [-0.4, -0.2) is 35.3 Å². The second-order valence-electron chi connectivity index (χ2n) is 6.43. The van der Waals surface area contributed by atoms with E-state index in [4.69, 9.17) is 14.5 Å². The van der Waals surface area contributed by atoms with Crippen LogP contribution < -0.4 is 4.74 Å². The molecule has 1 N–H and O–H groups in total. The third-order valence-corrected chi connectivity index (χ3v) is 5.78. The summed E-state index contributed by atoms with van der Waals surface area (Å²) >= 11 is 1.77. The van der Waals surface area contributed by atoms with Gasteiger partial charge in [0.25, 0.3) is 0 Å². The molecule has 0 aliphatic heterocycles. The van der Waals surface area contributed by atoms with E-state index in [0.29, 0.717) is 11.9 Å². The Balaban J connectivity index is 1.53. The first-order valence-corrected chi connectivity index (χ1v) is 9.94. The number of H-pyrrole nitrogens is 1. The SMILES string of the molecule is COCCCOc1ccnc2c1CCCC2Sc1nc2ccccc2[nH]1. The summed E-state index contributed by atoms with van der Waals surface area (Å²) in [7, 11) is 1.72. The first-order chi connectivity index (χ1) is 12.8. The standard InChI is InChI=1S/C20H23N3O2S/c1-24-12-5-13-25-17-10-11-21-19-14(17)6-4-9-18(19)26-20-22-15-7-2-3-8-16(15)23-20/h2-3,7-8,10-11,18H,4-6,9,12-13H2,1H3,(H,22,23). The molecule has 6 heteroatoms. The molecular weight excluding hydrogens is 346 g/mol. The third kappa shape index (κ3) is 3.71. The number of aromatic amines is 1. The zero-order valence-electron chi connectivity index (χ0n) is 14.9. The molecule has 26 heavy (non-hydrogen) atoms. The van der Waals surface area contributed by atoms with Crippen LogP contribution in [0.5, 0.6) is 5.75 Å². The molecule has 0 saturated heterocycles. The van der Waals surface area contributed by atoms with Gasteiger partial charge in [-0.1, -0.05) is 23.9 Å². The summed E-state index contributed by atoms with van der Waals surface area (Å²) in [5.74, 6) is 0.973. The number of nitrogens with one attached hydrogen (secondary N) is 1. The minimum atomic E-state index is 0.307. The lowest BCUT2D eigenvalue weighted by Gasteiger charge is -2.25. The van der Waals surface area contributed by atoms with Crippen molar-refractivity contribution in [2.24, 2.45) is 0 Å². The lowest BCUT2D eigenvalue weighted by molar-refractivity contribution is 0.171. The number of nitrogens with zero attached hydrogens (tertiary/aromatic N) is 2. The molecule has 1 atom stereocenters. The monoisotopic (exact) mass is 369 g/mol. The molecule has 3 aromatic rings. The van der Waals surface area contributed by atoms with Crippen LogP contribution in [0.1, 0.15) is 35.8 Å². The van der Waals surface area contributed by atoms with Crippen molar-refractivity contribution in [2.75, 3.05) is 20.3 Å². The van der Waals surface area contributed by atoms with Gasteiger partial charge >= 0.3 is 0 Å². The van der Waals surface area contributed by atoms with Crippen LogP contribution in [0.3, 0.4) is 0 Å². The Kier molecular flexibility index (Phi) is 5.41.